The highest BCUT2D eigenvalue weighted by molar-refractivity contribution is 5.75. The van der Waals surface area contributed by atoms with Crippen molar-refractivity contribution >= 4 is 5.91 Å². The number of rotatable bonds is 5. The Kier molecular flexibility index (Phi) is 4.81. The molecule has 0 rings (SSSR count). The molecule has 4 nitrogen and oxygen atoms in total. The highest BCUT2D eigenvalue weighted by Gasteiger charge is 2.05. The number of aliphatic hydroxyl groups excluding tert-OH is 1. The van der Waals surface area contributed by atoms with Crippen molar-refractivity contribution in [1.82, 2.24) is 5.32 Å². The van der Waals surface area contributed by atoms with Crippen LogP contribution in [0.25, 0.3) is 0 Å². The Morgan fingerprint density at radius 1 is 1.64 bits per heavy atom. The van der Waals surface area contributed by atoms with Crippen LogP contribution >= 0.6 is 0 Å². The molecule has 1 amide bonds. The first-order chi connectivity index (χ1) is 5.02. The molecule has 0 aromatic heterocycles. The van der Waals surface area contributed by atoms with Crippen molar-refractivity contribution in [3.8, 4) is 0 Å². The van der Waals surface area contributed by atoms with Gasteiger partial charge in [0.25, 0.3) is 0 Å². The molecule has 0 heterocycles. The molecule has 0 saturated carbocycles. The Morgan fingerprint density at radius 3 is 2.55 bits per heavy atom. The lowest BCUT2D eigenvalue weighted by Crippen LogP contribution is -2.36. The van der Waals surface area contributed by atoms with E-state index in [2.05, 4.69) is 5.32 Å². The fourth-order valence-corrected chi connectivity index (χ4v) is 0.870. The number of primary amides is 1. The largest absolute Gasteiger partial charge is 0.393 e. The van der Waals surface area contributed by atoms with Crippen LogP contribution in [-0.2, 0) is 4.79 Å². The third-order valence-electron chi connectivity index (χ3n) is 1.32. The normalized spacial score (nSPS) is 15.9. The minimum absolute atomic E-state index is 0.127. The summed E-state index contributed by atoms with van der Waals surface area (Å²) in [5, 5.41) is 11.8. The van der Waals surface area contributed by atoms with E-state index in [4.69, 9.17) is 10.8 Å². The predicted octanol–water partition coefficient (Wildman–Crippen LogP) is -0.779. The second kappa shape index (κ2) is 5.09. The topological polar surface area (TPSA) is 75.3 Å². The number of hydrogen-bond acceptors (Lipinski definition) is 3. The zero-order valence-electron chi connectivity index (χ0n) is 7.00. The summed E-state index contributed by atoms with van der Waals surface area (Å²) in [6.45, 7) is 3.78. The highest BCUT2D eigenvalue weighted by atomic mass is 16.3. The standard InChI is InChI=1S/C7H16N2O2/c1-5(3-6(2)10)9-4-7(8)11/h5-6,9-10H,3-4H2,1-2H3,(H2,8,11). The maximum absolute atomic E-state index is 10.3. The molecule has 0 fully saturated rings. The summed E-state index contributed by atoms with van der Waals surface area (Å²) < 4.78 is 0. The lowest BCUT2D eigenvalue weighted by atomic mass is 10.1. The second-order valence-electron chi connectivity index (χ2n) is 2.83. The van der Waals surface area contributed by atoms with Crippen molar-refractivity contribution in [3.63, 3.8) is 0 Å². The van der Waals surface area contributed by atoms with Gasteiger partial charge in [-0.25, -0.2) is 0 Å². The molecule has 0 aromatic rings. The van der Waals surface area contributed by atoms with Gasteiger partial charge in [0.15, 0.2) is 0 Å². The monoisotopic (exact) mass is 160 g/mol. The molecule has 0 spiro atoms. The smallest absolute Gasteiger partial charge is 0.231 e. The Morgan fingerprint density at radius 2 is 2.18 bits per heavy atom. The van der Waals surface area contributed by atoms with E-state index in [1.54, 1.807) is 6.92 Å². The number of nitrogens with one attached hydrogen (secondary N) is 1. The molecular formula is C7H16N2O2. The van der Waals surface area contributed by atoms with Crippen molar-refractivity contribution in [2.75, 3.05) is 6.54 Å². The molecule has 0 aliphatic carbocycles. The Bertz CT molecular complexity index is 126. The molecule has 2 atom stereocenters. The maximum atomic E-state index is 10.3. The van der Waals surface area contributed by atoms with Gasteiger partial charge in [0.05, 0.1) is 12.6 Å². The third kappa shape index (κ3) is 7.29. The predicted molar refractivity (Wildman–Crippen MR) is 43.0 cm³/mol. The maximum Gasteiger partial charge on any atom is 0.231 e. The number of carbonyl (C=O) groups is 1. The number of aliphatic hydroxyl groups is 1. The van der Waals surface area contributed by atoms with Crippen LogP contribution in [0.3, 0.4) is 0 Å². The zero-order chi connectivity index (χ0) is 8.85. The van der Waals surface area contributed by atoms with Crippen LogP contribution in [0, 0.1) is 0 Å². The number of nitrogens with two attached hydrogens (primary N) is 1. The van der Waals surface area contributed by atoms with Crippen LogP contribution in [0.1, 0.15) is 20.3 Å². The minimum atomic E-state index is -0.373. The Labute approximate surface area is 66.8 Å². The molecule has 0 saturated heterocycles. The van der Waals surface area contributed by atoms with Crippen LogP contribution in [-0.4, -0.2) is 29.7 Å². The Hall–Kier alpha value is -0.610. The van der Waals surface area contributed by atoms with Gasteiger partial charge in [-0.15, -0.1) is 0 Å². The van der Waals surface area contributed by atoms with Gasteiger partial charge in [0.2, 0.25) is 5.91 Å². The first-order valence-electron chi connectivity index (χ1n) is 3.72. The van der Waals surface area contributed by atoms with E-state index in [-0.39, 0.29) is 24.6 Å². The first kappa shape index (κ1) is 10.4. The van der Waals surface area contributed by atoms with Crippen molar-refractivity contribution in [1.29, 1.82) is 0 Å². The molecule has 0 aliphatic rings. The number of hydrogen-bond donors (Lipinski definition) is 3. The summed E-state index contributed by atoms with van der Waals surface area (Å²) in [5.74, 6) is -0.373. The molecule has 0 aliphatic heterocycles. The van der Waals surface area contributed by atoms with Crippen LogP contribution in [0.2, 0.25) is 0 Å². The summed E-state index contributed by atoms with van der Waals surface area (Å²) in [6, 6.07) is 0.127. The fourth-order valence-electron chi connectivity index (χ4n) is 0.870. The van der Waals surface area contributed by atoms with Gasteiger partial charge in [0, 0.05) is 6.04 Å². The molecule has 4 heteroatoms. The average molecular weight is 160 g/mol. The van der Waals surface area contributed by atoms with Gasteiger partial charge >= 0.3 is 0 Å². The molecule has 4 N–H and O–H groups in total. The zero-order valence-corrected chi connectivity index (χ0v) is 7.00. The van der Waals surface area contributed by atoms with Crippen molar-refractivity contribution < 1.29 is 9.90 Å². The summed E-state index contributed by atoms with van der Waals surface area (Å²) in [4.78, 5) is 10.3. The number of amides is 1. The van der Waals surface area contributed by atoms with E-state index < -0.39 is 0 Å². The molecular weight excluding hydrogens is 144 g/mol. The van der Waals surface area contributed by atoms with Gasteiger partial charge < -0.3 is 16.2 Å². The van der Waals surface area contributed by atoms with E-state index in [1.165, 1.54) is 0 Å². The quantitative estimate of drug-likeness (QED) is 0.494. The Balaban J connectivity index is 3.37. The fraction of sp³-hybridized carbons (Fsp3) is 0.857. The van der Waals surface area contributed by atoms with Gasteiger partial charge in [-0.1, -0.05) is 0 Å². The highest BCUT2D eigenvalue weighted by Crippen LogP contribution is 1.94. The molecule has 0 aromatic carbocycles. The van der Waals surface area contributed by atoms with E-state index >= 15 is 0 Å². The van der Waals surface area contributed by atoms with E-state index in [0.717, 1.165) is 0 Å². The van der Waals surface area contributed by atoms with E-state index in [0.29, 0.717) is 6.42 Å². The van der Waals surface area contributed by atoms with Crippen LogP contribution in [0.4, 0.5) is 0 Å². The van der Waals surface area contributed by atoms with Crippen LogP contribution < -0.4 is 11.1 Å². The van der Waals surface area contributed by atoms with E-state index in [1.807, 2.05) is 6.92 Å². The van der Waals surface area contributed by atoms with Crippen molar-refractivity contribution in [2.24, 2.45) is 5.73 Å². The van der Waals surface area contributed by atoms with Gasteiger partial charge in [-0.3, -0.25) is 4.79 Å². The molecule has 2 unspecified atom stereocenters. The molecule has 0 radical (unpaired) electrons. The second-order valence-corrected chi connectivity index (χ2v) is 2.83. The average Bonchev–Trinajstić information content (AvgIpc) is 1.82. The van der Waals surface area contributed by atoms with Crippen molar-refractivity contribution in [2.45, 2.75) is 32.4 Å². The van der Waals surface area contributed by atoms with E-state index in [9.17, 15) is 4.79 Å². The lowest BCUT2D eigenvalue weighted by molar-refractivity contribution is -0.117. The first-order valence-corrected chi connectivity index (χ1v) is 3.72. The van der Waals surface area contributed by atoms with Gasteiger partial charge in [0.1, 0.15) is 0 Å². The SMILES string of the molecule is CC(O)CC(C)NCC(N)=O. The lowest BCUT2D eigenvalue weighted by Gasteiger charge is -2.13. The number of carbonyl (C=O) groups excluding carboxylic acids is 1. The van der Waals surface area contributed by atoms with Crippen LogP contribution in [0.15, 0.2) is 0 Å². The third-order valence-corrected chi connectivity index (χ3v) is 1.32. The molecule has 66 valence electrons. The van der Waals surface area contributed by atoms with Gasteiger partial charge in [-0.2, -0.15) is 0 Å². The minimum Gasteiger partial charge on any atom is -0.393 e. The van der Waals surface area contributed by atoms with Gasteiger partial charge in [-0.05, 0) is 20.3 Å². The van der Waals surface area contributed by atoms with Crippen LogP contribution in [0.5, 0.6) is 0 Å². The summed E-state index contributed by atoms with van der Waals surface area (Å²) in [5.41, 5.74) is 4.91. The molecule has 0 bridgehead atoms. The molecule has 11 heavy (non-hydrogen) atoms. The summed E-state index contributed by atoms with van der Waals surface area (Å²) >= 11 is 0. The summed E-state index contributed by atoms with van der Waals surface area (Å²) in [7, 11) is 0. The summed E-state index contributed by atoms with van der Waals surface area (Å²) in [6.07, 6.45) is 0.290. The van der Waals surface area contributed by atoms with Crippen molar-refractivity contribution in [3.05, 3.63) is 0 Å².